The highest BCUT2D eigenvalue weighted by molar-refractivity contribution is 9.10. The van der Waals surface area contributed by atoms with E-state index in [0.717, 1.165) is 0 Å². The maximum atomic E-state index is 11.7. The summed E-state index contributed by atoms with van der Waals surface area (Å²) in [5.41, 5.74) is 5.44. The first-order valence-electron chi connectivity index (χ1n) is 4.42. The third kappa shape index (κ3) is 1.33. The van der Waals surface area contributed by atoms with Crippen LogP contribution in [0.1, 0.15) is 13.3 Å². The fourth-order valence-electron chi connectivity index (χ4n) is 1.68. The number of alkyl halides is 1. The summed E-state index contributed by atoms with van der Waals surface area (Å²) in [5.74, 6) is 0.823. The van der Waals surface area contributed by atoms with Crippen molar-refractivity contribution in [2.75, 3.05) is 6.54 Å². The van der Waals surface area contributed by atoms with Crippen molar-refractivity contribution < 1.29 is 4.79 Å². The van der Waals surface area contributed by atoms with Gasteiger partial charge in [0, 0.05) is 6.54 Å². The van der Waals surface area contributed by atoms with Gasteiger partial charge >= 0.3 is 0 Å². The Bertz CT molecular complexity index is 351. The number of hydrogen-bond donors (Lipinski definition) is 2. The molecule has 0 fully saturated rings. The van der Waals surface area contributed by atoms with E-state index < -0.39 is 4.32 Å². The van der Waals surface area contributed by atoms with Crippen LogP contribution in [0.2, 0.25) is 0 Å². The molecule has 0 aliphatic carbocycles. The molecule has 2 unspecified atom stereocenters. The van der Waals surface area contributed by atoms with Crippen LogP contribution in [0.25, 0.3) is 0 Å². The average molecular weight is 259 g/mol. The van der Waals surface area contributed by atoms with Gasteiger partial charge in [-0.05, 0) is 12.3 Å². The van der Waals surface area contributed by atoms with Crippen LogP contribution in [0.3, 0.4) is 0 Å². The number of nitrogens with zero attached hydrogens (tertiary/aromatic N) is 2. The van der Waals surface area contributed by atoms with Crippen LogP contribution in [0.5, 0.6) is 0 Å². The maximum absolute atomic E-state index is 11.7. The predicted octanol–water partition coefficient (Wildman–Crippen LogP) is 0.00290. The quantitative estimate of drug-likeness (QED) is 0.600. The van der Waals surface area contributed by atoms with E-state index in [0.29, 0.717) is 24.7 Å². The van der Waals surface area contributed by atoms with E-state index in [9.17, 15) is 4.79 Å². The first-order valence-corrected chi connectivity index (χ1v) is 5.21. The molecule has 0 aromatic carbocycles. The minimum Gasteiger partial charge on any atom is -0.369 e. The van der Waals surface area contributed by atoms with Crippen LogP contribution in [0.4, 0.5) is 0 Å². The summed E-state index contributed by atoms with van der Waals surface area (Å²) in [4.78, 5) is 20.0. The second-order valence-corrected chi connectivity index (χ2v) is 5.08. The maximum Gasteiger partial charge on any atom is 0.251 e. The number of nitrogens with one attached hydrogen (secondary N) is 1. The number of rotatable bonds is 0. The zero-order valence-corrected chi connectivity index (χ0v) is 9.34. The molecule has 0 saturated heterocycles. The number of hydrogen-bond acceptors (Lipinski definition) is 4. The summed E-state index contributed by atoms with van der Waals surface area (Å²) in [6, 6.07) is 0. The van der Waals surface area contributed by atoms with Crippen molar-refractivity contribution in [3.8, 4) is 0 Å². The molecule has 14 heavy (non-hydrogen) atoms. The van der Waals surface area contributed by atoms with Gasteiger partial charge in [0.1, 0.15) is 0 Å². The Morgan fingerprint density at radius 2 is 2.43 bits per heavy atom. The van der Waals surface area contributed by atoms with Crippen LogP contribution in [-0.2, 0) is 4.79 Å². The lowest BCUT2D eigenvalue weighted by Gasteiger charge is -2.34. The van der Waals surface area contributed by atoms with Gasteiger partial charge in [-0.3, -0.25) is 15.1 Å². The van der Waals surface area contributed by atoms with Gasteiger partial charge in [0.15, 0.2) is 10.2 Å². The van der Waals surface area contributed by atoms with Crippen molar-refractivity contribution >= 4 is 33.6 Å². The van der Waals surface area contributed by atoms with Crippen LogP contribution in [0.15, 0.2) is 9.98 Å². The molecule has 76 valence electrons. The highest BCUT2D eigenvalue weighted by atomic mass is 79.9. The summed E-state index contributed by atoms with van der Waals surface area (Å²) in [6.45, 7) is 2.75. The van der Waals surface area contributed by atoms with Gasteiger partial charge in [-0.15, -0.1) is 0 Å². The molecule has 2 aliphatic rings. The summed E-state index contributed by atoms with van der Waals surface area (Å²) in [7, 11) is 0. The first-order chi connectivity index (χ1) is 6.52. The number of halogens is 1. The number of carbonyl (C=O) groups is 1. The van der Waals surface area contributed by atoms with Crippen molar-refractivity contribution in [1.82, 2.24) is 5.32 Å². The smallest absolute Gasteiger partial charge is 0.251 e. The summed E-state index contributed by atoms with van der Waals surface area (Å²) in [6.07, 6.45) is 0.703. The molecule has 2 heterocycles. The molecule has 6 heteroatoms. The molecule has 0 aromatic rings. The van der Waals surface area contributed by atoms with E-state index in [2.05, 4.69) is 38.2 Å². The molecule has 0 radical (unpaired) electrons. The molecular weight excluding hydrogens is 248 g/mol. The van der Waals surface area contributed by atoms with Crippen LogP contribution in [0, 0.1) is 5.92 Å². The molecule has 0 bridgehead atoms. The fourth-order valence-corrected chi connectivity index (χ4v) is 2.55. The Morgan fingerprint density at radius 3 is 3.14 bits per heavy atom. The number of amidine groups is 1. The Kier molecular flexibility index (Phi) is 2.10. The minimum atomic E-state index is -0.770. The third-order valence-electron chi connectivity index (χ3n) is 2.36. The van der Waals surface area contributed by atoms with E-state index in [1.165, 1.54) is 0 Å². The van der Waals surface area contributed by atoms with Crippen molar-refractivity contribution in [2.45, 2.75) is 17.7 Å². The van der Waals surface area contributed by atoms with E-state index in [1.807, 2.05) is 0 Å². The molecule has 0 spiro atoms. The lowest BCUT2D eigenvalue weighted by Crippen LogP contribution is -2.58. The molecule has 2 atom stereocenters. The van der Waals surface area contributed by atoms with E-state index >= 15 is 0 Å². The van der Waals surface area contributed by atoms with Gasteiger partial charge in [-0.1, -0.05) is 22.9 Å². The highest BCUT2D eigenvalue weighted by Gasteiger charge is 2.47. The number of guanidine groups is 1. The summed E-state index contributed by atoms with van der Waals surface area (Å²) < 4.78 is -0.770. The van der Waals surface area contributed by atoms with Crippen LogP contribution < -0.4 is 11.1 Å². The summed E-state index contributed by atoms with van der Waals surface area (Å²) >= 11 is 3.40. The second kappa shape index (κ2) is 3.05. The molecule has 5 nitrogen and oxygen atoms in total. The Morgan fingerprint density at radius 1 is 1.71 bits per heavy atom. The third-order valence-corrected chi connectivity index (χ3v) is 3.40. The standard InChI is InChI=1S/C8H11BrN4O/c1-4-2-8(9)5(11-3-4)12-7(10)13-6(8)14/h4H,2-3H2,1H3,(H3,10,11,12,13,14). The zero-order valence-electron chi connectivity index (χ0n) is 7.75. The fraction of sp³-hybridized carbons (Fsp3) is 0.625. The number of nitrogens with two attached hydrogens (primary N) is 1. The Balaban J connectivity index is 2.45. The largest absolute Gasteiger partial charge is 0.369 e. The van der Waals surface area contributed by atoms with Crippen molar-refractivity contribution in [1.29, 1.82) is 0 Å². The van der Waals surface area contributed by atoms with Crippen LogP contribution >= 0.6 is 15.9 Å². The van der Waals surface area contributed by atoms with Crippen molar-refractivity contribution in [3.05, 3.63) is 0 Å². The molecular formula is C8H11BrN4O. The van der Waals surface area contributed by atoms with E-state index in [-0.39, 0.29) is 11.9 Å². The SMILES string of the molecule is CC1CN=C2N=C(N)NC(=O)C2(Br)C1. The molecule has 2 aliphatic heterocycles. The lowest BCUT2D eigenvalue weighted by atomic mass is 9.90. The normalized spacial score (nSPS) is 36.7. The average Bonchev–Trinajstić information content (AvgIpc) is 2.08. The molecule has 0 aromatic heterocycles. The van der Waals surface area contributed by atoms with Crippen molar-refractivity contribution in [2.24, 2.45) is 21.6 Å². The number of fused-ring (bicyclic) bond motifs is 1. The van der Waals surface area contributed by atoms with Crippen molar-refractivity contribution in [3.63, 3.8) is 0 Å². The predicted molar refractivity (Wildman–Crippen MR) is 57.5 cm³/mol. The van der Waals surface area contributed by atoms with Gasteiger partial charge in [-0.25, -0.2) is 0 Å². The van der Waals surface area contributed by atoms with Gasteiger partial charge in [0.05, 0.1) is 0 Å². The van der Waals surface area contributed by atoms with Gasteiger partial charge in [0.2, 0.25) is 5.96 Å². The van der Waals surface area contributed by atoms with Gasteiger partial charge in [0.25, 0.3) is 5.91 Å². The minimum absolute atomic E-state index is 0.123. The second-order valence-electron chi connectivity index (χ2n) is 3.73. The monoisotopic (exact) mass is 258 g/mol. The zero-order chi connectivity index (χ0) is 10.3. The summed E-state index contributed by atoms with van der Waals surface area (Å²) in [5, 5.41) is 2.50. The van der Waals surface area contributed by atoms with E-state index in [1.54, 1.807) is 0 Å². The van der Waals surface area contributed by atoms with Gasteiger partial charge in [-0.2, -0.15) is 4.99 Å². The highest BCUT2D eigenvalue weighted by Crippen LogP contribution is 2.34. The van der Waals surface area contributed by atoms with E-state index in [4.69, 9.17) is 5.73 Å². The molecule has 2 rings (SSSR count). The first kappa shape index (κ1) is 9.64. The molecule has 0 saturated carbocycles. The van der Waals surface area contributed by atoms with Crippen LogP contribution in [-0.4, -0.2) is 28.6 Å². The lowest BCUT2D eigenvalue weighted by molar-refractivity contribution is -0.120. The Labute approximate surface area is 90.0 Å². The number of aliphatic imine (C=N–C) groups is 2. The van der Waals surface area contributed by atoms with Gasteiger partial charge < -0.3 is 5.73 Å². The molecule has 3 N–H and O–H groups in total. The number of carbonyl (C=O) groups excluding carboxylic acids is 1. The topological polar surface area (TPSA) is 79.8 Å². The molecule has 1 amide bonds. The Hall–Kier alpha value is -0.910. The number of amides is 1.